The van der Waals surface area contributed by atoms with Gasteiger partial charge in [-0.2, -0.15) is 0 Å². The quantitative estimate of drug-likeness (QED) is 0.735. The third-order valence-corrected chi connectivity index (χ3v) is 5.40. The molecule has 0 bridgehead atoms. The summed E-state index contributed by atoms with van der Waals surface area (Å²) in [5.41, 5.74) is 6.46. The molecule has 25 heavy (non-hydrogen) atoms. The van der Waals surface area contributed by atoms with Gasteiger partial charge in [-0.15, -0.1) is 11.3 Å². The van der Waals surface area contributed by atoms with Crippen molar-refractivity contribution in [3.8, 4) is 10.4 Å². The Morgan fingerprint density at radius 2 is 2.12 bits per heavy atom. The molecule has 0 spiro atoms. The molecule has 1 aromatic carbocycles. The number of ether oxygens (including phenoxy) is 1. The van der Waals surface area contributed by atoms with Gasteiger partial charge in [-0.25, -0.2) is 9.97 Å². The summed E-state index contributed by atoms with van der Waals surface area (Å²) in [5.74, 6) is 0.395. The number of thiophene rings is 1. The largest absolute Gasteiger partial charge is 0.367 e. The summed E-state index contributed by atoms with van der Waals surface area (Å²) in [6.45, 7) is 0.590. The highest BCUT2D eigenvalue weighted by Crippen LogP contribution is 2.34. The molecule has 1 aliphatic rings. The maximum atomic E-state index is 11.2. The summed E-state index contributed by atoms with van der Waals surface area (Å²) in [7, 11) is 0. The van der Waals surface area contributed by atoms with Crippen molar-refractivity contribution in [2.75, 3.05) is 11.9 Å². The predicted molar refractivity (Wildman–Crippen MR) is 98.4 cm³/mol. The van der Waals surface area contributed by atoms with Crippen LogP contribution in [-0.2, 0) is 9.53 Å². The fraction of sp³-hybridized carbons (Fsp3) is 0.278. The number of nitrogens with two attached hydrogens (primary N) is 1. The summed E-state index contributed by atoms with van der Waals surface area (Å²) >= 11 is 1.64. The van der Waals surface area contributed by atoms with Crippen LogP contribution in [0.15, 0.2) is 42.7 Å². The minimum atomic E-state index is -0.469. The van der Waals surface area contributed by atoms with E-state index in [1.165, 1.54) is 5.56 Å². The molecule has 0 saturated carbocycles. The molecule has 6 nitrogen and oxygen atoms in total. The fourth-order valence-electron chi connectivity index (χ4n) is 3.02. The van der Waals surface area contributed by atoms with Crippen molar-refractivity contribution < 1.29 is 9.53 Å². The Bertz CT molecular complexity index is 896. The van der Waals surface area contributed by atoms with Crippen LogP contribution in [0.3, 0.4) is 0 Å². The van der Waals surface area contributed by atoms with E-state index in [0.717, 1.165) is 27.3 Å². The first-order valence-corrected chi connectivity index (χ1v) is 9.01. The van der Waals surface area contributed by atoms with Gasteiger partial charge in [0.25, 0.3) is 0 Å². The maximum Gasteiger partial charge on any atom is 0.246 e. The second-order valence-corrected chi connectivity index (χ2v) is 7.06. The topological polar surface area (TPSA) is 90.1 Å². The number of nitrogens with one attached hydrogen (secondary N) is 1. The van der Waals surface area contributed by atoms with E-state index in [9.17, 15) is 4.79 Å². The van der Waals surface area contributed by atoms with Crippen molar-refractivity contribution in [3.05, 3.63) is 42.7 Å². The average molecular weight is 354 g/mol. The lowest BCUT2D eigenvalue weighted by atomic mass is 10.2. The van der Waals surface area contributed by atoms with Gasteiger partial charge in [0.2, 0.25) is 5.91 Å². The lowest BCUT2D eigenvalue weighted by molar-refractivity contribution is -0.128. The number of rotatable bonds is 5. The van der Waals surface area contributed by atoms with Crippen LogP contribution in [0.4, 0.5) is 5.82 Å². The Balaban J connectivity index is 1.52. The number of nitrogens with zero attached hydrogens (tertiary/aromatic N) is 2. The highest BCUT2D eigenvalue weighted by molar-refractivity contribution is 7.21. The van der Waals surface area contributed by atoms with E-state index in [0.29, 0.717) is 13.0 Å². The van der Waals surface area contributed by atoms with E-state index in [-0.39, 0.29) is 6.10 Å². The molecule has 2 aromatic heterocycles. The Kier molecular flexibility index (Phi) is 4.33. The predicted octanol–water partition coefficient (Wildman–Crippen LogP) is 2.80. The molecule has 3 aromatic rings. The third kappa shape index (κ3) is 3.33. The van der Waals surface area contributed by atoms with Crippen molar-refractivity contribution in [2.45, 2.75) is 25.0 Å². The van der Waals surface area contributed by atoms with Crippen molar-refractivity contribution in [1.82, 2.24) is 9.97 Å². The van der Waals surface area contributed by atoms with Crippen LogP contribution < -0.4 is 11.1 Å². The number of anilines is 1. The van der Waals surface area contributed by atoms with Crippen LogP contribution in [0.5, 0.6) is 0 Å². The van der Waals surface area contributed by atoms with Gasteiger partial charge in [-0.1, -0.05) is 30.3 Å². The third-order valence-electron chi connectivity index (χ3n) is 4.31. The molecule has 2 atom stereocenters. The van der Waals surface area contributed by atoms with Crippen molar-refractivity contribution >= 4 is 33.3 Å². The van der Waals surface area contributed by atoms with Gasteiger partial charge in [0.15, 0.2) is 0 Å². The Morgan fingerprint density at radius 1 is 1.28 bits per heavy atom. The van der Waals surface area contributed by atoms with Crippen LogP contribution in [0.2, 0.25) is 0 Å². The SMILES string of the molecule is NC(=O)C1CCC(CNc2ncnc3sc(-c4ccccc4)cc23)O1. The van der Waals surface area contributed by atoms with Gasteiger partial charge >= 0.3 is 0 Å². The van der Waals surface area contributed by atoms with Gasteiger partial charge in [0, 0.05) is 11.4 Å². The van der Waals surface area contributed by atoms with E-state index in [1.54, 1.807) is 17.7 Å². The van der Waals surface area contributed by atoms with E-state index in [1.807, 2.05) is 18.2 Å². The molecule has 7 heteroatoms. The molecule has 1 amide bonds. The second kappa shape index (κ2) is 6.78. The Hall–Kier alpha value is -2.51. The standard InChI is InChI=1S/C18H18N4O2S/c19-16(23)14-7-6-12(24-14)9-20-17-13-8-15(11-4-2-1-3-5-11)25-18(13)22-10-21-17/h1-5,8,10,12,14H,6-7,9H2,(H2,19,23)(H,20,21,22). The first-order chi connectivity index (χ1) is 12.2. The van der Waals surface area contributed by atoms with Crippen LogP contribution in [-0.4, -0.2) is 34.6 Å². The minimum Gasteiger partial charge on any atom is -0.367 e. The molecule has 3 N–H and O–H groups in total. The number of fused-ring (bicyclic) bond motifs is 1. The van der Waals surface area contributed by atoms with Crippen molar-refractivity contribution in [1.29, 1.82) is 0 Å². The number of primary amides is 1. The molecule has 1 saturated heterocycles. The summed E-state index contributed by atoms with van der Waals surface area (Å²) in [4.78, 5) is 22.0. The van der Waals surface area contributed by atoms with E-state index < -0.39 is 12.0 Å². The number of amides is 1. The zero-order chi connectivity index (χ0) is 17.2. The number of benzene rings is 1. The lowest BCUT2D eigenvalue weighted by Gasteiger charge is -2.13. The van der Waals surface area contributed by atoms with Gasteiger partial charge in [0.1, 0.15) is 23.1 Å². The fourth-order valence-corrected chi connectivity index (χ4v) is 4.02. The number of hydrogen-bond acceptors (Lipinski definition) is 6. The minimum absolute atomic E-state index is 0.0326. The van der Waals surface area contributed by atoms with Crippen LogP contribution >= 0.6 is 11.3 Å². The van der Waals surface area contributed by atoms with E-state index in [2.05, 4.69) is 33.5 Å². The molecule has 0 aliphatic carbocycles. The molecule has 3 heterocycles. The average Bonchev–Trinajstić information content (AvgIpc) is 3.28. The summed E-state index contributed by atoms with van der Waals surface area (Å²) in [6, 6.07) is 12.3. The zero-order valence-electron chi connectivity index (χ0n) is 13.5. The van der Waals surface area contributed by atoms with Gasteiger partial charge < -0.3 is 15.8 Å². The zero-order valence-corrected chi connectivity index (χ0v) is 14.3. The highest BCUT2D eigenvalue weighted by Gasteiger charge is 2.29. The van der Waals surface area contributed by atoms with Crippen LogP contribution in [0.25, 0.3) is 20.7 Å². The van der Waals surface area contributed by atoms with Gasteiger partial charge in [-0.05, 0) is 24.5 Å². The molecular weight excluding hydrogens is 336 g/mol. The molecule has 4 rings (SSSR count). The molecule has 2 unspecified atom stereocenters. The molecule has 1 aliphatic heterocycles. The molecule has 1 fully saturated rings. The number of carbonyl (C=O) groups excluding carboxylic acids is 1. The molecule has 0 radical (unpaired) electrons. The summed E-state index contributed by atoms with van der Waals surface area (Å²) in [6.07, 6.45) is 2.56. The normalized spacial score (nSPS) is 20.0. The first-order valence-electron chi connectivity index (χ1n) is 8.19. The van der Waals surface area contributed by atoms with E-state index in [4.69, 9.17) is 10.5 Å². The Labute approximate surface area is 149 Å². The van der Waals surface area contributed by atoms with Crippen molar-refractivity contribution in [3.63, 3.8) is 0 Å². The maximum absolute atomic E-state index is 11.2. The molecule has 128 valence electrons. The van der Waals surface area contributed by atoms with Gasteiger partial charge in [-0.3, -0.25) is 4.79 Å². The second-order valence-electron chi connectivity index (χ2n) is 6.03. The Morgan fingerprint density at radius 3 is 2.88 bits per heavy atom. The lowest BCUT2D eigenvalue weighted by Crippen LogP contribution is -2.30. The van der Waals surface area contributed by atoms with Gasteiger partial charge in [0.05, 0.1) is 11.5 Å². The van der Waals surface area contributed by atoms with Crippen LogP contribution in [0.1, 0.15) is 12.8 Å². The highest BCUT2D eigenvalue weighted by atomic mass is 32.1. The molecular formula is C18H18N4O2S. The summed E-state index contributed by atoms with van der Waals surface area (Å²) < 4.78 is 5.65. The van der Waals surface area contributed by atoms with Crippen LogP contribution in [0, 0.1) is 0 Å². The van der Waals surface area contributed by atoms with Crippen molar-refractivity contribution in [2.24, 2.45) is 5.73 Å². The number of hydrogen-bond donors (Lipinski definition) is 2. The smallest absolute Gasteiger partial charge is 0.246 e. The van der Waals surface area contributed by atoms with E-state index >= 15 is 0 Å². The first kappa shape index (κ1) is 16.0. The monoisotopic (exact) mass is 354 g/mol. The number of aromatic nitrogens is 2. The summed E-state index contributed by atoms with van der Waals surface area (Å²) in [5, 5.41) is 4.33. The number of carbonyl (C=O) groups is 1.